The monoisotopic (exact) mass is 274 g/mol. The van der Waals surface area contributed by atoms with E-state index in [4.69, 9.17) is 10.2 Å². The minimum absolute atomic E-state index is 0.212. The third-order valence-electron chi connectivity index (χ3n) is 3.00. The number of aliphatic carboxylic acids is 1. The average molecular weight is 274 g/mol. The van der Waals surface area contributed by atoms with E-state index in [1.54, 1.807) is 6.92 Å². The molecule has 0 aliphatic rings. The summed E-state index contributed by atoms with van der Waals surface area (Å²) in [5, 5.41) is 27.0. The second-order valence-electron chi connectivity index (χ2n) is 4.31. The minimum atomic E-state index is -1.53. The van der Waals surface area contributed by atoms with Gasteiger partial charge in [0, 0.05) is 5.56 Å². The molecule has 19 heavy (non-hydrogen) atoms. The molecule has 4 nitrogen and oxygen atoms in total. The van der Waals surface area contributed by atoms with Crippen molar-refractivity contribution in [1.82, 2.24) is 0 Å². The van der Waals surface area contributed by atoms with Gasteiger partial charge in [0.15, 0.2) is 11.6 Å². The van der Waals surface area contributed by atoms with Gasteiger partial charge in [0.2, 0.25) is 0 Å². The quantitative estimate of drug-likeness (QED) is 0.741. The van der Waals surface area contributed by atoms with Gasteiger partial charge in [-0.3, -0.25) is 4.79 Å². The van der Waals surface area contributed by atoms with Crippen molar-refractivity contribution in [3.63, 3.8) is 0 Å². The van der Waals surface area contributed by atoms with Crippen LogP contribution < -0.4 is 0 Å². The number of carboxylic acid groups (broad SMARTS) is 1. The summed E-state index contributed by atoms with van der Waals surface area (Å²) >= 11 is 0. The van der Waals surface area contributed by atoms with E-state index in [-0.39, 0.29) is 12.0 Å². The Labute approximate surface area is 109 Å². The van der Waals surface area contributed by atoms with Crippen molar-refractivity contribution in [2.45, 2.75) is 31.8 Å². The van der Waals surface area contributed by atoms with E-state index in [9.17, 15) is 18.7 Å². The molecule has 1 unspecified atom stereocenters. The molecule has 0 saturated carbocycles. The first-order valence-corrected chi connectivity index (χ1v) is 5.90. The van der Waals surface area contributed by atoms with Gasteiger partial charge >= 0.3 is 5.97 Å². The zero-order valence-electron chi connectivity index (χ0n) is 10.4. The van der Waals surface area contributed by atoms with Gasteiger partial charge in [0.05, 0.1) is 13.0 Å². The molecule has 1 rings (SSSR count). The van der Waals surface area contributed by atoms with Crippen LogP contribution in [0.15, 0.2) is 12.1 Å². The molecule has 0 aliphatic carbocycles. The molecule has 0 aromatic heterocycles. The van der Waals surface area contributed by atoms with E-state index in [1.165, 1.54) is 6.07 Å². The van der Waals surface area contributed by atoms with Gasteiger partial charge in [-0.05, 0) is 30.0 Å². The zero-order valence-corrected chi connectivity index (χ0v) is 10.4. The van der Waals surface area contributed by atoms with Crippen LogP contribution in [-0.2, 0) is 4.79 Å². The second-order valence-corrected chi connectivity index (χ2v) is 4.31. The number of halogens is 2. The molecular formula is C13H16F2O4. The zero-order chi connectivity index (χ0) is 14.6. The summed E-state index contributed by atoms with van der Waals surface area (Å²) in [4.78, 5) is 10.7. The number of carbonyl (C=O) groups is 1. The molecule has 3 N–H and O–H groups in total. The van der Waals surface area contributed by atoms with Crippen molar-refractivity contribution in [3.05, 3.63) is 34.9 Å². The maximum absolute atomic E-state index is 13.5. The van der Waals surface area contributed by atoms with Crippen LogP contribution in [0.5, 0.6) is 0 Å². The Bertz CT molecular complexity index is 462. The maximum Gasteiger partial charge on any atom is 0.303 e. The Kier molecular flexibility index (Phi) is 5.38. The number of aliphatic hydroxyl groups excluding tert-OH is 2. The van der Waals surface area contributed by atoms with Crippen molar-refractivity contribution in [2.75, 3.05) is 6.61 Å². The highest BCUT2D eigenvalue weighted by Gasteiger charge is 2.21. The van der Waals surface area contributed by atoms with Crippen LogP contribution in [0.25, 0.3) is 0 Å². The Balaban J connectivity index is 3.21. The van der Waals surface area contributed by atoms with E-state index < -0.39 is 36.2 Å². The lowest BCUT2D eigenvalue weighted by Gasteiger charge is -2.17. The molecular weight excluding hydrogens is 258 g/mol. The topological polar surface area (TPSA) is 77.8 Å². The fourth-order valence-electron chi connectivity index (χ4n) is 1.92. The van der Waals surface area contributed by atoms with Crippen molar-refractivity contribution in [1.29, 1.82) is 0 Å². The molecule has 1 aromatic rings. The largest absolute Gasteiger partial charge is 0.481 e. The van der Waals surface area contributed by atoms with Crippen molar-refractivity contribution in [2.24, 2.45) is 0 Å². The first kappa shape index (κ1) is 15.5. The number of carboxylic acids is 1. The summed E-state index contributed by atoms with van der Waals surface area (Å²) in [6, 6.07) is 2.14. The molecule has 0 bridgehead atoms. The Morgan fingerprint density at radius 1 is 1.37 bits per heavy atom. The third-order valence-corrected chi connectivity index (χ3v) is 3.00. The number of hydrogen-bond acceptors (Lipinski definition) is 3. The highest BCUT2D eigenvalue weighted by Crippen LogP contribution is 2.29. The van der Waals surface area contributed by atoms with E-state index >= 15 is 0 Å². The minimum Gasteiger partial charge on any atom is -0.481 e. The van der Waals surface area contributed by atoms with Crippen LogP contribution >= 0.6 is 0 Å². The Hall–Kier alpha value is -1.53. The molecule has 1 aromatic carbocycles. The molecule has 0 amide bonds. The van der Waals surface area contributed by atoms with Crippen molar-refractivity contribution in [3.8, 4) is 0 Å². The van der Waals surface area contributed by atoms with Gasteiger partial charge in [-0.1, -0.05) is 6.92 Å². The van der Waals surface area contributed by atoms with Crippen LogP contribution in [0.2, 0.25) is 0 Å². The fourth-order valence-corrected chi connectivity index (χ4v) is 1.92. The number of benzene rings is 1. The number of hydrogen-bond donors (Lipinski definition) is 3. The first-order valence-electron chi connectivity index (χ1n) is 5.90. The van der Waals surface area contributed by atoms with Gasteiger partial charge in [-0.15, -0.1) is 0 Å². The smallest absolute Gasteiger partial charge is 0.303 e. The van der Waals surface area contributed by atoms with Crippen LogP contribution in [0.3, 0.4) is 0 Å². The van der Waals surface area contributed by atoms with Gasteiger partial charge in [0.25, 0.3) is 0 Å². The van der Waals surface area contributed by atoms with Gasteiger partial charge in [-0.25, -0.2) is 8.78 Å². The first-order chi connectivity index (χ1) is 8.90. The standard InChI is InChI=1S/C13H16F2O4/c1-2-7(5-12(18)19)8-3-9(11(17)6-16)13(15)10(14)4-8/h3-4,7,11,16-17H,2,5-6H2,1H3,(H,18,19)/t7?,11-/m1/s1. The predicted octanol–water partition coefficient (Wildman–Crippen LogP) is 1.96. The lowest BCUT2D eigenvalue weighted by Crippen LogP contribution is -2.11. The highest BCUT2D eigenvalue weighted by molar-refractivity contribution is 5.68. The summed E-state index contributed by atoms with van der Waals surface area (Å²) in [7, 11) is 0. The van der Waals surface area contributed by atoms with Crippen molar-refractivity contribution >= 4 is 5.97 Å². The molecule has 0 fully saturated rings. The molecule has 2 atom stereocenters. The predicted molar refractivity (Wildman–Crippen MR) is 63.7 cm³/mol. The summed E-state index contributed by atoms with van der Waals surface area (Å²) in [5.74, 6) is -3.91. The van der Waals surface area contributed by atoms with E-state index in [2.05, 4.69) is 0 Å². The lowest BCUT2D eigenvalue weighted by atomic mass is 9.91. The lowest BCUT2D eigenvalue weighted by molar-refractivity contribution is -0.137. The third kappa shape index (κ3) is 3.71. The van der Waals surface area contributed by atoms with E-state index in [1.807, 2.05) is 0 Å². The van der Waals surface area contributed by atoms with E-state index in [0.29, 0.717) is 12.0 Å². The molecule has 0 saturated heterocycles. The fraction of sp³-hybridized carbons (Fsp3) is 0.462. The number of rotatable bonds is 6. The highest BCUT2D eigenvalue weighted by atomic mass is 19.2. The normalized spacial score (nSPS) is 14.2. The molecule has 0 radical (unpaired) electrons. The van der Waals surface area contributed by atoms with Crippen molar-refractivity contribution < 1.29 is 28.9 Å². The SMILES string of the molecule is CCC(CC(=O)O)c1cc(F)c(F)c([C@H](O)CO)c1. The molecule has 106 valence electrons. The molecule has 0 aliphatic heterocycles. The maximum atomic E-state index is 13.5. The van der Waals surface area contributed by atoms with E-state index in [0.717, 1.165) is 6.07 Å². The van der Waals surface area contributed by atoms with Crippen LogP contribution in [-0.4, -0.2) is 27.9 Å². The van der Waals surface area contributed by atoms with Gasteiger partial charge in [0.1, 0.15) is 6.10 Å². The van der Waals surface area contributed by atoms with Crippen LogP contribution in [0, 0.1) is 11.6 Å². The molecule has 0 heterocycles. The Morgan fingerprint density at radius 3 is 2.47 bits per heavy atom. The van der Waals surface area contributed by atoms with Gasteiger partial charge in [-0.2, -0.15) is 0 Å². The summed E-state index contributed by atoms with van der Waals surface area (Å²) in [5.41, 5.74) is -0.0624. The summed E-state index contributed by atoms with van der Waals surface area (Å²) in [6.07, 6.45) is -1.31. The second kappa shape index (κ2) is 6.58. The average Bonchev–Trinajstić information content (AvgIpc) is 2.37. The summed E-state index contributed by atoms with van der Waals surface area (Å²) in [6.45, 7) is 0.993. The molecule has 0 spiro atoms. The summed E-state index contributed by atoms with van der Waals surface area (Å²) < 4.78 is 26.9. The van der Waals surface area contributed by atoms with Gasteiger partial charge < -0.3 is 15.3 Å². The van der Waals surface area contributed by atoms with Crippen LogP contribution in [0.4, 0.5) is 8.78 Å². The van der Waals surface area contributed by atoms with Crippen LogP contribution in [0.1, 0.15) is 42.9 Å². The number of aliphatic hydroxyl groups is 2. The Morgan fingerprint density at radius 2 is 2.00 bits per heavy atom. The molecule has 6 heteroatoms.